The van der Waals surface area contributed by atoms with Gasteiger partial charge in [0.2, 0.25) is 0 Å². The summed E-state index contributed by atoms with van der Waals surface area (Å²) in [7, 11) is -1.08. The lowest BCUT2D eigenvalue weighted by Crippen LogP contribution is -2.27. The minimum atomic E-state index is -1.08. The topological polar surface area (TPSA) is 38.3 Å². The predicted octanol–water partition coefficient (Wildman–Crippen LogP) is 2.24. The van der Waals surface area contributed by atoms with Gasteiger partial charge in [-0.1, -0.05) is 25.7 Å². The van der Waals surface area contributed by atoms with Crippen LogP contribution in [0.3, 0.4) is 0 Å². The molecular weight excluding hydrogens is 182 g/mol. The Morgan fingerprint density at radius 3 is 2.62 bits per heavy atom. The highest BCUT2D eigenvalue weighted by Crippen LogP contribution is 2.07. The number of hydrogen-bond acceptors (Lipinski definition) is 2. The molecular formula is C9H19NO2Si. The highest BCUT2D eigenvalue weighted by atomic mass is 28.3. The lowest BCUT2D eigenvalue weighted by Gasteiger charge is -2.15. The quantitative estimate of drug-likeness (QED) is 0.547. The maximum Gasteiger partial charge on any atom is 0.407 e. The van der Waals surface area contributed by atoms with E-state index >= 15 is 0 Å². The predicted molar refractivity (Wildman–Crippen MR) is 57.7 cm³/mol. The van der Waals surface area contributed by atoms with E-state index in [-0.39, 0.29) is 6.09 Å². The second kappa shape index (κ2) is 5.80. The Kier molecular flexibility index (Phi) is 5.46. The molecule has 0 fully saturated rings. The Bertz CT molecular complexity index is 175. The van der Waals surface area contributed by atoms with Gasteiger partial charge in [0, 0.05) is 14.6 Å². The maximum atomic E-state index is 10.9. The smallest absolute Gasteiger partial charge is 0.407 e. The van der Waals surface area contributed by atoms with Crippen LogP contribution in [0.1, 0.15) is 0 Å². The monoisotopic (exact) mass is 201 g/mol. The first-order chi connectivity index (χ1) is 5.95. The molecule has 0 aromatic rings. The van der Waals surface area contributed by atoms with Gasteiger partial charge in [-0.15, -0.1) is 6.58 Å². The summed E-state index contributed by atoms with van der Waals surface area (Å²) in [5.74, 6) is 0. The zero-order valence-corrected chi connectivity index (χ0v) is 9.72. The van der Waals surface area contributed by atoms with Crippen molar-refractivity contribution in [1.29, 1.82) is 0 Å². The van der Waals surface area contributed by atoms with Crippen molar-refractivity contribution in [3.8, 4) is 0 Å². The first kappa shape index (κ1) is 12.2. The summed E-state index contributed by atoms with van der Waals surface area (Å²) in [5, 5.41) is 2.55. The van der Waals surface area contributed by atoms with Crippen LogP contribution in [0.2, 0.25) is 25.7 Å². The van der Waals surface area contributed by atoms with Crippen molar-refractivity contribution in [1.82, 2.24) is 5.32 Å². The summed E-state index contributed by atoms with van der Waals surface area (Å²) in [6.45, 7) is 11.2. The first-order valence-corrected chi connectivity index (χ1v) is 8.18. The van der Waals surface area contributed by atoms with Crippen LogP contribution < -0.4 is 5.32 Å². The molecule has 0 saturated carbocycles. The Morgan fingerprint density at radius 2 is 2.15 bits per heavy atom. The summed E-state index contributed by atoms with van der Waals surface area (Å²) >= 11 is 0. The molecule has 0 spiro atoms. The second-order valence-electron chi connectivity index (χ2n) is 4.12. The molecule has 0 radical (unpaired) electrons. The van der Waals surface area contributed by atoms with E-state index in [1.54, 1.807) is 6.08 Å². The third-order valence-electron chi connectivity index (χ3n) is 1.48. The van der Waals surface area contributed by atoms with Crippen molar-refractivity contribution >= 4 is 14.2 Å². The van der Waals surface area contributed by atoms with Gasteiger partial charge in [-0.05, 0) is 6.04 Å². The molecule has 0 aromatic carbocycles. The number of ether oxygens (including phenoxy) is 1. The van der Waals surface area contributed by atoms with E-state index in [0.717, 1.165) is 6.04 Å². The molecule has 0 saturated heterocycles. The summed E-state index contributed by atoms with van der Waals surface area (Å²) < 4.78 is 4.96. The maximum absolute atomic E-state index is 10.9. The Hall–Kier alpha value is -0.773. The zero-order chi connectivity index (χ0) is 10.3. The van der Waals surface area contributed by atoms with Crippen molar-refractivity contribution in [2.24, 2.45) is 0 Å². The van der Waals surface area contributed by atoms with E-state index in [0.29, 0.717) is 13.2 Å². The van der Waals surface area contributed by atoms with Crippen LogP contribution >= 0.6 is 0 Å². The Balaban J connectivity index is 3.42. The average molecular weight is 201 g/mol. The highest BCUT2D eigenvalue weighted by Gasteiger charge is 2.13. The molecule has 0 aromatic heterocycles. The lowest BCUT2D eigenvalue weighted by atomic mass is 10.6. The third-order valence-corrected chi connectivity index (χ3v) is 3.18. The number of alkyl carbamates (subject to hydrolysis) is 1. The molecule has 1 N–H and O–H groups in total. The minimum absolute atomic E-state index is 0.349. The average Bonchev–Trinajstić information content (AvgIpc) is 1.98. The van der Waals surface area contributed by atoms with Gasteiger partial charge in [-0.2, -0.15) is 0 Å². The molecule has 0 heterocycles. The van der Waals surface area contributed by atoms with Crippen molar-refractivity contribution in [3.05, 3.63) is 12.7 Å². The van der Waals surface area contributed by atoms with Crippen LogP contribution in [-0.2, 0) is 4.74 Å². The Morgan fingerprint density at radius 1 is 1.54 bits per heavy atom. The van der Waals surface area contributed by atoms with Gasteiger partial charge in [0.05, 0.1) is 6.61 Å². The molecule has 0 aliphatic rings. The van der Waals surface area contributed by atoms with Crippen LogP contribution in [0.25, 0.3) is 0 Å². The molecule has 76 valence electrons. The minimum Gasteiger partial charge on any atom is -0.450 e. The van der Waals surface area contributed by atoms with Crippen LogP contribution in [0, 0.1) is 0 Å². The molecule has 0 aliphatic heterocycles. The normalized spacial score (nSPS) is 10.7. The van der Waals surface area contributed by atoms with Crippen LogP contribution in [0.4, 0.5) is 4.79 Å². The fourth-order valence-corrected chi connectivity index (χ4v) is 1.37. The molecule has 4 heteroatoms. The molecule has 1 amide bonds. The molecule has 0 bridgehead atoms. The van der Waals surface area contributed by atoms with Gasteiger partial charge in [0.25, 0.3) is 0 Å². The van der Waals surface area contributed by atoms with Crippen molar-refractivity contribution < 1.29 is 9.53 Å². The molecule has 3 nitrogen and oxygen atoms in total. The van der Waals surface area contributed by atoms with E-state index in [9.17, 15) is 4.79 Å². The molecule has 0 rings (SSSR count). The van der Waals surface area contributed by atoms with E-state index in [4.69, 9.17) is 4.74 Å². The zero-order valence-electron chi connectivity index (χ0n) is 8.72. The van der Waals surface area contributed by atoms with Gasteiger partial charge in [-0.3, -0.25) is 0 Å². The van der Waals surface area contributed by atoms with Gasteiger partial charge in [0.1, 0.15) is 0 Å². The summed E-state index contributed by atoms with van der Waals surface area (Å²) in [4.78, 5) is 10.9. The van der Waals surface area contributed by atoms with Gasteiger partial charge in [-0.25, -0.2) is 4.79 Å². The van der Waals surface area contributed by atoms with Gasteiger partial charge >= 0.3 is 6.09 Å². The molecule has 0 atom stereocenters. The first-order valence-electron chi connectivity index (χ1n) is 4.47. The van der Waals surface area contributed by atoms with Crippen LogP contribution in [-0.4, -0.2) is 27.3 Å². The van der Waals surface area contributed by atoms with E-state index in [2.05, 4.69) is 31.5 Å². The summed E-state index contributed by atoms with van der Waals surface area (Å²) in [6.07, 6.45) is 1.28. The van der Waals surface area contributed by atoms with Crippen LogP contribution in [0.15, 0.2) is 12.7 Å². The molecule has 0 aliphatic carbocycles. The highest BCUT2D eigenvalue weighted by molar-refractivity contribution is 6.76. The van der Waals surface area contributed by atoms with Crippen molar-refractivity contribution in [3.63, 3.8) is 0 Å². The second-order valence-corrected chi connectivity index (χ2v) is 9.74. The van der Waals surface area contributed by atoms with Gasteiger partial charge in [0.15, 0.2) is 0 Å². The van der Waals surface area contributed by atoms with Gasteiger partial charge < -0.3 is 10.1 Å². The van der Waals surface area contributed by atoms with Crippen LogP contribution in [0.5, 0.6) is 0 Å². The van der Waals surface area contributed by atoms with Crippen molar-refractivity contribution in [2.75, 3.05) is 13.2 Å². The number of carbonyl (C=O) groups is 1. The Labute approximate surface area is 81.2 Å². The molecule has 13 heavy (non-hydrogen) atoms. The standard InChI is InChI=1S/C9H19NO2Si/c1-5-6-10-9(11)12-7-8-13(2,3)4/h5H,1,6-8H2,2-4H3,(H,10,11). The lowest BCUT2D eigenvalue weighted by molar-refractivity contribution is 0.153. The number of carbonyl (C=O) groups excluding carboxylic acids is 1. The number of hydrogen-bond donors (Lipinski definition) is 1. The van der Waals surface area contributed by atoms with Crippen molar-refractivity contribution in [2.45, 2.75) is 25.7 Å². The van der Waals surface area contributed by atoms with E-state index < -0.39 is 8.07 Å². The fourth-order valence-electron chi connectivity index (χ4n) is 0.656. The molecule has 0 unspecified atom stereocenters. The number of rotatable bonds is 5. The largest absolute Gasteiger partial charge is 0.450 e. The van der Waals surface area contributed by atoms with E-state index in [1.807, 2.05) is 0 Å². The number of amides is 1. The summed E-state index contributed by atoms with van der Waals surface area (Å²) in [6, 6.07) is 1.01. The fraction of sp³-hybridized carbons (Fsp3) is 0.667. The van der Waals surface area contributed by atoms with E-state index in [1.165, 1.54) is 0 Å². The summed E-state index contributed by atoms with van der Waals surface area (Å²) in [5.41, 5.74) is 0. The number of nitrogens with one attached hydrogen (secondary N) is 1. The third kappa shape index (κ3) is 9.14. The SMILES string of the molecule is C=CCNC(=O)OCC[Si](C)(C)C.